The van der Waals surface area contributed by atoms with E-state index in [1.807, 2.05) is 58.1 Å². The maximum atomic E-state index is 12.9. The van der Waals surface area contributed by atoms with Gasteiger partial charge in [0.25, 0.3) is 5.91 Å². The fourth-order valence-corrected chi connectivity index (χ4v) is 3.46. The minimum absolute atomic E-state index is 0.0462. The van der Waals surface area contributed by atoms with Gasteiger partial charge < -0.3 is 14.0 Å². The number of aromatic nitrogens is 6. The van der Waals surface area contributed by atoms with Gasteiger partial charge in [0.05, 0.1) is 6.54 Å². The lowest BCUT2D eigenvalue weighted by Gasteiger charge is -2.27. The number of hydrogen-bond donors (Lipinski definition) is 0. The van der Waals surface area contributed by atoms with E-state index in [2.05, 4.69) is 15.3 Å². The van der Waals surface area contributed by atoms with Gasteiger partial charge in [0.2, 0.25) is 0 Å². The zero-order valence-electron chi connectivity index (χ0n) is 14.7. The second-order valence-corrected chi connectivity index (χ2v) is 6.32. The van der Waals surface area contributed by atoms with Gasteiger partial charge in [-0.2, -0.15) is 5.10 Å². The smallest absolute Gasteiger partial charge is 0.270 e. The Morgan fingerprint density at radius 1 is 1.32 bits per heavy atom. The summed E-state index contributed by atoms with van der Waals surface area (Å²) in [6.07, 6.45) is 4.39. The minimum Gasteiger partial charge on any atom is -0.347 e. The van der Waals surface area contributed by atoms with Crippen LogP contribution in [0.25, 0.3) is 11.5 Å². The lowest BCUT2D eigenvalue weighted by Crippen LogP contribution is -2.37. The van der Waals surface area contributed by atoms with Crippen LogP contribution in [0.15, 0.2) is 24.7 Å². The molecular formula is C17H21N7O. The van der Waals surface area contributed by atoms with Crippen molar-refractivity contribution < 1.29 is 4.79 Å². The normalized spacial score (nSPS) is 14.0. The SMILES string of the molecule is CCn1cnnc1-c1nn(C)c2c1CN(C(=O)c1cccn1C)CC2. The summed E-state index contributed by atoms with van der Waals surface area (Å²) in [4.78, 5) is 14.7. The first-order valence-corrected chi connectivity index (χ1v) is 8.43. The predicted molar refractivity (Wildman–Crippen MR) is 91.8 cm³/mol. The van der Waals surface area contributed by atoms with Gasteiger partial charge in [-0.25, -0.2) is 0 Å². The summed E-state index contributed by atoms with van der Waals surface area (Å²) >= 11 is 0. The van der Waals surface area contributed by atoms with Crippen molar-refractivity contribution in [3.05, 3.63) is 41.6 Å². The van der Waals surface area contributed by atoms with Crippen LogP contribution in [0.1, 0.15) is 28.7 Å². The third-order valence-electron chi connectivity index (χ3n) is 4.86. The van der Waals surface area contributed by atoms with Crippen LogP contribution in [0.3, 0.4) is 0 Å². The number of aryl methyl sites for hydroxylation is 3. The predicted octanol–water partition coefficient (Wildman–Crippen LogP) is 1.24. The summed E-state index contributed by atoms with van der Waals surface area (Å²) in [5, 5.41) is 12.9. The molecule has 8 nitrogen and oxygen atoms in total. The second kappa shape index (κ2) is 5.87. The third-order valence-corrected chi connectivity index (χ3v) is 4.86. The maximum Gasteiger partial charge on any atom is 0.270 e. The van der Waals surface area contributed by atoms with E-state index in [0.717, 1.165) is 35.7 Å². The molecule has 0 unspecified atom stereocenters. The molecule has 0 aromatic carbocycles. The number of hydrogen-bond acceptors (Lipinski definition) is 4. The molecular weight excluding hydrogens is 318 g/mol. The van der Waals surface area contributed by atoms with Crippen molar-refractivity contribution in [1.29, 1.82) is 0 Å². The van der Waals surface area contributed by atoms with E-state index in [9.17, 15) is 4.79 Å². The van der Waals surface area contributed by atoms with E-state index in [-0.39, 0.29) is 5.91 Å². The first-order chi connectivity index (χ1) is 12.1. The van der Waals surface area contributed by atoms with E-state index in [0.29, 0.717) is 18.8 Å². The van der Waals surface area contributed by atoms with Crippen molar-refractivity contribution in [3.63, 3.8) is 0 Å². The van der Waals surface area contributed by atoms with Crippen molar-refractivity contribution in [2.24, 2.45) is 14.1 Å². The fourth-order valence-electron chi connectivity index (χ4n) is 3.46. The Morgan fingerprint density at radius 2 is 2.16 bits per heavy atom. The highest BCUT2D eigenvalue weighted by Crippen LogP contribution is 2.29. The largest absolute Gasteiger partial charge is 0.347 e. The molecule has 3 aromatic heterocycles. The molecule has 1 aliphatic rings. The number of carbonyl (C=O) groups excluding carboxylic acids is 1. The molecule has 0 saturated heterocycles. The first kappa shape index (κ1) is 15.6. The Balaban J connectivity index is 1.71. The van der Waals surface area contributed by atoms with Gasteiger partial charge in [0, 0.05) is 51.1 Å². The summed E-state index contributed by atoms with van der Waals surface area (Å²) in [6.45, 7) is 4.06. The number of nitrogens with zero attached hydrogens (tertiary/aromatic N) is 7. The van der Waals surface area contributed by atoms with E-state index in [1.165, 1.54) is 0 Å². The van der Waals surface area contributed by atoms with Gasteiger partial charge in [0.1, 0.15) is 17.7 Å². The van der Waals surface area contributed by atoms with Crippen LogP contribution < -0.4 is 0 Å². The summed E-state index contributed by atoms with van der Waals surface area (Å²) in [5.41, 5.74) is 3.75. The number of rotatable bonds is 3. The summed E-state index contributed by atoms with van der Waals surface area (Å²) < 4.78 is 5.74. The van der Waals surface area contributed by atoms with Crippen LogP contribution >= 0.6 is 0 Å². The van der Waals surface area contributed by atoms with Crippen molar-refractivity contribution in [2.45, 2.75) is 26.4 Å². The highest BCUT2D eigenvalue weighted by Gasteiger charge is 2.29. The van der Waals surface area contributed by atoms with Gasteiger partial charge >= 0.3 is 0 Å². The third kappa shape index (κ3) is 2.45. The van der Waals surface area contributed by atoms with Gasteiger partial charge in [-0.05, 0) is 19.1 Å². The van der Waals surface area contributed by atoms with Crippen molar-refractivity contribution >= 4 is 5.91 Å². The molecule has 0 atom stereocenters. The first-order valence-electron chi connectivity index (χ1n) is 8.43. The quantitative estimate of drug-likeness (QED) is 0.719. The molecule has 4 heterocycles. The van der Waals surface area contributed by atoms with E-state index < -0.39 is 0 Å². The lowest BCUT2D eigenvalue weighted by atomic mass is 10.0. The molecule has 0 bridgehead atoms. The molecule has 8 heteroatoms. The van der Waals surface area contributed by atoms with Crippen LogP contribution in [-0.2, 0) is 33.6 Å². The Morgan fingerprint density at radius 3 is 2.88 bits per heavy atom. The van der Waals surface area contributed by atoms with Crippen LogP contribution in [0.4, 0.5) is 0 Å². The van der Waals surface area contributed by atoms with E-state index >= 15 is 0 Å². The Hall–Kier alpha value is -2.90. The van der Waals surface area contributed by atoms with Crippen molar-refractivity contribution in [2.75, 3.05) is 6.54 Å². The van der Waals surface area contributed by atoms with Gasteiger partial charge in [-0.3, -0.25) is 9.48 Å². The highest BCUT2D eigenvalue weighted by atomic mass is 16.2. The number of amides is 1. The average Bonchev–Trinajstić information content (AvgIpc) is 3.32. The molecule has 0 N–H and O–H groups in total. The fraction of sp³-hybridized carbons (Fsp3) is 0.412. The maximum absolute atomic E-state index is 12.9. The van der Waals surface area contributed by atoms with E-state index in [4.69, 9.17) is 0 Å². The molecule has 25 heavy (non-hydrogen) atoms. The summed E-state index contributed by atoms with van der Waals surface area (Å²) in [6, 6.07) is 3.75. The summed E-state index contributed by atoms with van der Waals surface area (Å²) in [5.74, 6) is 0.803. The van der Waals surface area contributed by atoms with Crippen LogP contribution in [0.5, 0.6) is 0 Å². The molecule has 0 fully saturated rings. The average molecular weight is 339 g/mol. The van der Waals surface area contributed by atoms with Crippen LogP contribution in [0.2, 0.25) is 0 Å². The zero-order chi connectivity index (χ0) is 17.6. The Kier molecular flexibility index (Phi) is 3.67. The molecule has 0 radical (unpaired) electrons. The van der Waals surface area contributed by atoms with E-state index in [1.54, 1.807) is 6.33 Å². The Bertz CT molecular complexity index is 933. The Labute approximate surface area is 145 Å². The van der Waals surface area contributed by atoms with Crippen LogP contribution in [-0.4, -0.2) is 46.5 Å². The van der Waals surface area contributed by atoms with Crippen molar-refractivity contribution in [3.8, 4) is 11.5 Å². The zero-order valence-corrected chi connectivity index (χ0v) is 14.7. The number of fused-ring (bicyclic) bond motifs is 1. The number of carbonyl (C=O) groups is 1. The standard InChI is InChI=1S/C17H21N7O/c1-4-23-11-18-19-16(23)15-12-10-24(9-7-13(12)22(3)20-15)17(25)14-6-5-8-21(14)2/h5-6,8,11H,4,7,9-10H2,1-3H3. The molecule has 1 amide bonds. The van der Waals surface area contributed by atoms with Gasteiger partial charge in [-0.15, -0.1) is 10.2 Å². The monoisotopic (exact) mass is 339 g/mol. The topological polar surface area (TPSA) is 73.8 Å². The van der Waals surface area contributed by atoms with Crippen molar-refractivity contribution in [1.82, 2.24) is 34.0 Å². The molecule has 1 aliphatic heterocycles. The molecule has 4 rings (SSSR count). The second-order valence-electron chi connectivity index (χ2n) is 6.32. The highest BCUT2D eigenvalue weighted by molar-refractivity contribution is 5.93. The molecule has 0 saturated carbocycles. The lowest BCUT2D eigenvalue weighted by molar-refractivity contribution is 0.0724. The molecule has 130 valence electrons. The van der Waals surface area contributed by atoms with Gasteiger partial charge in [-0.1, -0.05) is 0 Å². The van der Waals surface area contributed by atoms with Gasteiger partial charge in [0.15, 0.2) is 5.82 Å². The van der Waals surface area contributed by atoms with Crippen LogP contribution in [0, 0.1) is 0 Å². The summed E-state index contributed by atoms with van der Waals surface area (Å²) in [7, 11) is 3.84. The minimum atomic E-state index is 0.0462. The molecule has 0 spiro atoms. The molecule has 3 aromatic rings. The molecule has 0 aliphatic carbocycles.